The van der Waals surface area contributed by atoms with E-state index in [0.29, 0.717) is 6.54 Å². The smallest absolute Gasteiger partial charge is 0.0932 e. The molecule has 2 rings (SSSR count). The van der Waals surface area contributed by atoms with Crippen LogP contribution in [0.15, 0.2) is 12.4 Å². The SMILES string of the molecule is O[C@@H]1CNC[C@H]1n1ccnn1. The van der Waals surface area contributed by atoms with Crippen molar-refractivity contribution in [1.29, 1.82) is 0 Å². The van der Waals surface area contributed by atoms with E-state index in [1.54, 1.807) is 17.1 Å². The lowest BCUT2D eigenvalue weighted by Crippen LogP contribution is -2.22. The predicted molar refractivity (Wildman–Crippen MR) is 37.9 cm³/mol. The minimum Gasteiger partial charge on any atom is -0.390 e. The van der Waals surface area contributed by atoms with E-state index in [9.17, 15) is 5.11 Å². The van der Waals surface area contributed by atoms with E-state index in [2.05, 4.69) is 15.6 Å². The fourth-order valence-electron chi connectivity index (χ4n) is 1.32. The van der Waals surface area contributed by atoms with E-state index in [-0.39, 0.29) is 12.1 Å². The molecule has 60 valence electrons. The maximum Gasteiger partial charge on any atom is 0.0932 e. The molecule has 11 heavy (non-hydrogen) atoms. The molecule has 1 fully saturated rings. The van der Waals surface area contributed by atoms with Crippen LogP contribution in [0.5, 0.6) is 0 Å². The van der Waals surface area contributed by atoms with E-state index in [1.807, 2.05) is 0 Å². The predicted octanol–water partition coefficient (Wildman–Crippen LogP) is -1.22. The lowest BCUT2D eigenvalue weighted by Gasteiger charge is -2.11. The van der Waals surface area contributed by atoms with Crippen LogP contribution in [0.4, 0.5) is 0 Å². The topological polar surface area (TPSA) is 63.0 Å². The number of aromatic nitrogens is 3. The highest BCUT2D eigenvalue weighted by atomic mass is 16.3. The van der Waals surface area contributed by atoms with Crippen molar-refractivity contribution in [1.82, 2.24) is 20.3 Å². The summed E-state index contributed by atoms with van der Waals surface area (Å²) in [5, 5.41) is 20.0. The fraction of sp³-hybridized carbons (Fsp3) is 0.667. The van der Waals surface area contributed by atoms with Crippen molar-refractivity contribution < 1.29 is 5.11 Å². The molecule has 2 N–H and O–H groups in total. The van der Waals surface area contributed by atoms with Crippen molar-refractivity contribution in [3.05, 3.63) is 12.4 Å². The molecule has 2 atom stereocenters. The van der Waals surface area contributed by atoms with E-state index < -0.39 is 0 Å². The highest BCUT2D eigenvalue weighted by Gasteiger charge is 2.26. The van der Waals surface area contributed by atoms with Crippen LogP contribution in [-0.4, -0.2) is 39.3 Å². The molecule has 1 aromatic rings. The first-order valence-electron chi connectivity index (χ1n) is 3.62. The zero-order valence-corrected chi connectivity index (χ0v) is 6.01. The number of hydrogen-bond donors (Lipinski definition) is 2. The first kappa shape index (κ1) is 6.75. The van der Waals surface area contributed by atoms with Crippen LogP contribution in [0.2, 0.25) is 0 Å². The summed E-state index contributed by atoms with van der Waals surface area (Å²) < 4.78 is 1.69. The maximum atomic E-state index is 9.41. The van der Waals surface area contributed by atoms with Crippen LogP contribution in [0.3, 0.4) is 0 Å². The standard InChI is InChI=1S/C6H10N4O/c11-6-4-7-3-5(6)10-2-1-8-9-10/h1-2,5-7,11H,3-4H2/t5-,6-/m1/s1. The number of aliphatic hydroxyl groups is 1. The van der Waals surface area contributed by atoms with Crippen LogP contribution in [0, 0.1) is 0 Å². The van der Waals surface area contributed by atoms with E-state index in [4.69, 9.17) is 0 Å². The summed E-state index contributed by atoms with van der Waals surface area (Å²) in [6, 6.07) is 0.0532. The van der Waals surface area contributed by atoms with E-state index in [1.165, 1.54) is 0 Å². The molecule has 0 bridgehead atoms. The van der Waals surface area contributed by atoms with Gasteiger partial charge < -0.3 is 10.4 Å². The second kappa shape index (κ2) is 2.60. The summed E-state index contributed by atoms with van der Waals surface area (Å²) in [5.74, 6) is 0. The minimum atomic E-state index is -0.336. The molecule has 1 saturated heterocycles. The van der Waals surface area contributed by atoms with Crippen molar-refractivity contribution in [2.75, 3.05) is 13.1 Å². The molecule has 0 saturated carbocycles. The number of nitrogens with one attached hydrogen (secondary N) is 1. The fourth-order valence-corrected chi connectivity index (χ4v) is 1.32. The molecule has 5 nitrogen and oxygen atoms in total. The second-order valence-corrected chi connectivity index (χ2v) is 2.68. The van der Waals surface area contributed by atoms with Crippen LogP contribution in [-0.2, 0) is 0 Å². The molecule has 0 radical (unpaired) electrons. The monoisotopic (exact) mass is 154 g/mol. The zero-order chi connectivity index (χ0) is 7.68. The average molecular weight is 154 g/mol. The summed E-state index contributed by atoms with van der Waals surface area (Å²) in [4.78, 5) is 0. The number of hydrogen-bond acceptors (Lipinski definition) is 4. The molecule has 0 aliphatic carbocycles. The first-order valence-corrected chi connectivity index (χ1v) is 3.62. The van der Waals surface area contributed by atoms with Gasteiger partial charge in [0.25, 0.3) is 0 Å². The van der Waals surface area contributed by atoms with E-state index >= 15 is 0 Å². The number of rotatable bonds is 1. The summed E-state index contributed by atoms with van der Waals surface area (Å²) in [5.41, 5.74) is 0. The Labute approximate surface area is 64.0 Å². The van der Waals surface area contributed by atoms with Crippen LogP contribution in [0.1, 0.15) is 6.04 Å². The Morgan fingerprint density at radius 3 is 3.00 bits per heavy atom. The van der Waals surface area contributed by atoms with Gasteiger partial charge in [-0.2, -0.15) is 0 Å². The van der Waals surface area contributed by atoms with Gasteiger partial charge in [-0.05, 0) is 0 Å². The van der Waals surface area contributed by atoms with Gasteiger partial charge in [-0.15, -0.1) is 5.10 Å². The van der Waals surface area contributed by atoms with Gasteiger partial charge in [0.05, 0.1) is 18.3 Å². The van der Waals surface area contributed by atoms with Crippen molar-refractivity contribution in [2.24, 2.45) is 0 Å². The van der Waals surface area contributed by atoms with Gasteiger partial charge in [-0.3, -0.25) is 0 Å². The Morgan fingerprint density at radius 1 is 1.55 bits per heavy atom. The van der Waals surface area contributed by atoms with Gasteiger partial charge in [0.1, 0.15) is 0 Å². The normalized spacial score (nSPS) is 31.0. The van der Waals surface area contributed by atoms with Gasteiger partial charge in [0, 0.05) is 19.3 Å². The molecule has 0 aromatic carbocycles. The molecule has 1 aliphatic heterocycles. The number of β-amino-alcohol motifs (C(OH)–C–C–N with tert-alkyl or cyclic N) is 1. The third-order valence-electron chi connectivity index (χ3n) is 1.93. The first-order chi connectivity index (χ1) is 5.38. The summed E-state index contributed by atoms with van der Waals surface area (Å²) >= 11 is 0. The highest BCUT2D eigenvalue weighted by Crippen LogP contribution is 2.12. The lowest BCUT2D eigenvalue weighted by molar-refractivity contribution is 0.143. The Bertz CT molecular complexity index is 222. The summed E-state index contributed by atoms with van der Waals surface area (Å²) in [6.45, 7) is 1.41. The summed E-state index contributed by atoms with van der Waals surface area (Å²) in [6.07, 6.45) is 3.04. The number of aliphatic hydroxyl groups excluding tert-OH is 1. The molecule has 1 aliphatic rings. The third-order valence-corrected chi connectivity index (χ3v) is 1.93. The molecule has 0 spiro atoms. The molecule has 0 amide bonds. The van der Waals surface area contributed by atoms with Gasteiger partial charge in [-0.25, -0.2) is 4.68 Å². The van der Waals surface area contributed by atoms with Crippen molar-refractivity contribution >= 4 is 0 Å². The van der Waals surface area contributed by atoms with Crippen LogP contribution in [0.25, 0.3) is 0 Å². The molecule has 5 heteroatoms. The zero-order valence-electron chi connectivity index (χ0n) is 6.01. The maximum absolute atomic E-state index is 9.41. The molecular formula is C6H10N4O. The molecule has 2 heterocycles. The Hall–Kier alpha value is -0.940. The lowest BCUT2D eigenvalue weighted by atomic mass is 10.2. The van der Waals surface area contributed by atoms with Crippen LogP contribution < -0.4 is 5.32 Å². The Morgan fingerprint density at radius 2 is 2.45 bits per heavy atom. The average Bonchev–Trinajstić information content (AvgIpc) is 2.55. The molecule has 1 aromatic heterocycles. The Balaban J connectivity index is 2.16. The Kier molecular flexibility index (Phi) is 1.59. The van der Waals surface area contributed by atoms with Gasteiger partial charge >= 0.3 is 0 Å². The second-order valence-electron chi connectivity index (χ2n) is 2.68. The number of nitrogens with zero attached hydrogens (tertiary/aromatic N) is 3. The minimum absolute atomic E-state index is 0.0532. The van der Waals surface area contributed by atoms with Crippen molar-refractivity contribution in [2.45, 2.75) is 12.1 Å². The summed E-state index contributed by atoms with van der Waals surface area (Å²) in [7, 11) is 0. The quantitative estimate of drug-likeness (QED) is 0.532. The van der Waals surface area contributed by atoms with Gasteiger partial charge in [0.2, 0.25) is 0 Å². The van der Waals surface area contributed by atoms with Crippen molar-refractivity contribution in [3.8, 4) is 0 Å². The largest absolute Gasteiger partial charge is 0.390 e. The molecular weight excluding hydrogens is 144 g/mol. The van der Waals surface area contributed by atoms with Crippen LogP contribution >= 0.6 is 0 Å². The van der Waals surface area contributed by atoms with Gasteiger partial charge in [0.15, 0.2) is 0 Å². The van der Waals surface area contributed by atoms with Gasteiger partial charge in [-0.1, -0.05) is 5.21 Å². The molecule has 0 unspecified atom stereocenters. The third kappa shape index (κ3) is 1.12. The van der Waals surface area contributed by atoms with E-state index in [0.717, 1.165) is 6.54 Å². The highest BCUT2D eigenvalue weighted by molar-refractivity contribution is 4.85. The van der Waals surface area contributed by atoms with Crippen molar-refractivity contribution in [3.63, 3.8) is 0 Å².